The van der Waals surface area contributed by atoms with E-state index in [0.29, 0.717) is 12.1 Å². The predicted molar refractivity (Wildman–Crippen MR) is 81.6 cm³/mol. The smallest absolute Gasteiger partial charge is 0.251 e. The van der Waals surface area contributed by atoms with Crippen molar-refractivity contribution in [1.29, 1.82) is 0 Å². The zero-order chi connectivity index (χ0) is 14.5. The van der Waals surface area contributed by atoms with Gasteiger partial charge < -0.3 is 9.73 Å². The number of carbonyl (C=O) groups excluding carboxylic acids is 1. The van der Waals surface area contributed by atoms with Gasteiger partial charge in [0.05, 0.1) is 12.3 Å². The van der Waals surface area contributed by atoms with Crippen LogP contribution < -0.4 is 5.32 Å². The summed E-state index contributed by atoms with van der Waals surface area (Å²) in [6.45, 7) is 0.492. The summed E-state index contributed by atoms with van der Waals surface area (Å²) in [6, 6.07) is 11.1. The predicted octanol–water partition coefficient (Wildman–Crippen LogP) is 3.07. The minimum Gasteiger partial charge on any atom is -0.468 e. The Morgan fingerprint density at radius 1 is 1.35 bits per heavy atom. The second-order valence-corrected chi connectivity index (χ2v) is 5.63. The molecule has 0 aliphatic rings. The molecule has 2 rings (SSSR count). The molecule has 1 amide bonds. The van der Waals surface area contributed by atoms with Crippen molar-refractivity contribution in [2.24, 2.45) is 0 Å². The van der Waals surface area contributed by atoms with E-state index in [9.17, 15) is 4.79 Å². The SMILES string of the molecule is CN(C)[C@H](CNC(=O)c1cccc(Br)c1)c1ccco1. The largest absolute Gasteiger partial charge is 0.468 e. The van der Waals surface area contributed by atoms with E-state index in [1.165, 1.54) is 0 Å². The molecule has 0 saturated carbocycles. The number of halogens is 1. The Bertz CT molecular complexity index is 567. The zero-order valence-electron chi connectivity index (χ0n) is 11.5. The van der Waals surface area contributed by atoms with Crippen molar-refractivity contribution in [3.63, 3.8) is 0 Å². The quantitative estimate of drug-likeness (QED) is 0.912. The van der Waals surface area contributed by atoms with E-state index in [2.05, 4.69) is 21.2 Å². The second kappa shape index (κ2) is 6.72. The topological polar surface area (TPSA) is 45.5 Å². The van der Waals surface area contributed by atoms with Crippen LogP contribution in [0.3, 0.4) is 0 Å². The summed E-state index contributed by atoms with van der Waals surface area (Å²) in [5.74, 6) is 0.745. The number of carbonyl (C=O) groups is 1. The number of hydrogen-bond donors (Lipinski definition) is 1. The van der Waals surface area contributed by atoms with E-state index >= 15 is 0 Å². The maximum atomic E-state index is 12.1. The summed E-state index contributed by atoms with van der Waals surface area (Å²) in [4.78, 5) is 14.1. The van der Waals surface area contributed by atoms with Crippen LogP contribution in [0.1, 0.15) is 22.2 Å². The van der Waals surface area contributed by atoms with Gasteiger partial charge in [0, 0.05) is 16.6 Å². The van der Waals surface area contributed by atoms with Gasteiger partial charge in [-0.1, -0.05) is 22.0 Å². The van der Waals surface area contributed by atoms with Crippen molar-refractivity contribution < 1.29 is 9.21 Å². The average Bonchev–Trinajstić information content (AvgIpc) is 2.92. The lowest BCUT2D eigenvalue weighted by Crippen LogP contribution is -2.34. The van der Waals surface area contributed by atoms with Crippen molar-refractivity contribution in [1.82, 2.24) is 10.2 Å². The molecule has 1 heterocycles. The molecule has 0 radical (unpaired) electrons. The first kappa shape index (κ1) is 14.8. The Labute approximate surface area is 126 Å². The number of furan rings is 1. The van der Waals surface area contributed by atoms with Crippen LogP contribution in [0.2, 0.25) is 0 Å². The van der Waals surface area contributed by atoms with E-state index in [4.69, 9.17) is 4.42 Å². The molecule has 4 nitrogen and oxygen atoms in total. The molecule has 1 N–H and O–H groups in total. The fourth-order valence-electron chi connectivity index (χ4n) is 1.94. The highest BCUT2D eigenvalue weighted by molar-refractivity contribution is 9.10. The van der Waals surface area contributed by atoms with Gasteiger partial charge in [-0.3, -0.25) is 9.69 Å². The first-order valence-corrected chi connectivity index (χ1v) is 7.11. The van der Waals surface area contributed by atoms with E-state index in [0.717, 1.165) is 10.2 Å². The van der Waals surface area contributed by atoms with Crippen LogP contribution in [0, 0.1) is 0 Å². The maximum absolute atomic E-state index is 12.1. The molecule has 106 valence electrons. The number of nitrogens with zero attached hydrogens (tertiary/aromatic N) is 1. The minimum absolute atomic E-state index is 0.0149. The van der Waals surface area contributed by atoms with Crippen molar-refractivity contribution >= 4 is 21.8 Å². The molecule has 0 unspecified atom stereocenters. The van der Waals surface area contributed by atoms with Crippen molar-refractivity contribution in [2.45, 2.75) is 6.04 Å². The lowest BCUT2D eigenvalue weighted by Gasteiger charge is -2.22. The Balaban J connectivity index is 2.01. The molecular formula is C15H17BrN2O2. The summed E-state index contributed by atoms with van der Waals surface area (Å²) in [5.41, 5.74) is 0.635. The Kier molecular flexibility index (Phi) is 4.98. The molecular weight excluding hydrogens is 320 g/mol. The minimum atomic E-state index is -0.0929. The van der Waals surface area contributed by atoms with E-state index in [1.807, 2.05) is 43.3 Å². The van der Waals surface area contributed by atoms with Crippen LogP contribution in [-0.4, -0.2) is 31.4 Å². The fourth-order valence-corrected chi connectivity index (χ4v) is 2.34. The van der Waals surface area contributed by atoms with Crippen LogP contribution in [-0.2, 0) is 0 Å². The third-order valence-electron chi connectivity index (χ3n) is 3.04. The molecule has 2 aromatic rings. The van der Waals surface area contributed by atoms with Crippen LogP contribution in [0.15, 0.2) is 51.6 Å². The zero-order valence-corrected chi connectivity index (χ0v) is 13.1. The second-order valence-electron chi connectivity index (χ2n) is 4.72. The normalized spacial score (nSPS) is 12.4. The standard InChI is InChI=1S/C15H17BrN2O2/c1-18(2)13(14-7-4-8-20-14)10-17-15(19)11-5-3-6-12(16)9-11/h3-9,13H,10H2,1-2H3,(H,17,19)/t13-/m1/s1. The van der Waals surface area contributed by atoms with Gasteiger partial charge in [0.25, 0.3) is 5.91 Å². The number of rotatable bonds is 5. The summed E-state index contributed by atoms with van der Waals surface area (Å²) >= 11 is 3.36. The molecule has 0 fully saturated rings. The van der Waals surface area contributed by atoms with Gasteiger partial charge in [-0.15, -0.1) is 0 Å². The van der Waals surface area contributed by atoms with Crippen LogP contribution in [0.25, 0.3) is 0 Å². The van der Waals surface area contributed by atoms with Crippen molar-refractivity contribution in [3.05, 3.63) is 58.5 Å². The first-order chi connectivity index (χ1) is 9.58. The van der Waals surface area contributed by atoms with E-state index < -0.39 is 0 Å². The van der Waals surface area contributed by atoms with Gasteiger partial charge >= 0.3 is 0 Å². The average molecular weight is 337 g/mol. The molecule has 0 bridgehead atoms. The van der Waals surface area contributed by atoms with Crippen molar-refractivity contribution in [2.75, 3.05) is 20.6 Å². The molecule has 0 saturated heterocycles. The summed E-state index contributed by atoms with van der Waals surface area (Å²) < 4.78 is 6.30. The number of nitrogens with one attached hydrogen (secondary N) is 1. The van der Waals surface area contributed by atoms with Gasteiger partial charge in [0.2, 0.25) is 0 Å². The lowest BCUT2D eigenvalue weighted by molar-refractivity contribution is 0.0939. The van der Waals surface area contributed by atoms with Crippen molar-refractivity contribution in [3.8, 4) is 0 Å². The number of benzene rings is 1. The Morgan fingerprint density at radius 2 is 2.15 bits per heavy atom. The molecule has 0 aliphatic heterocycles. The Hall–Kier alpha value is -1.59. The number of hydrogen-bond acceptors (Lipinski definition) is 3. The van der Waals surface area contributed by atoms with Gasteiger partial charge in [0.1, 0.15) is 5.76 Å². The van der Waals surface area contributed by atoms with Gasteiger partial charge in [-0.25, -0.2) is 0 Å². The molecule has 0 aliphatic carbocycles. The molecule has 1 aromatic carbocycles. The number of amides is 1. The summed E-state index contributed by atoms with van der Waals surface area (Å²) in [6.07, 6.45) is 1.64. The first-order valence-electron chi connectivity index (χ1n) is 6.31. The third-order valence-corrected chi connectivity index (χ3v) is 3.53. The highest BCUT2D eigenvalue weighted by Crippen LogP contribution is 2.18. The van der Waals surface area contributed by atoms with Crippen LogP contribution >= 0.6 is 15.9 Å². The molecule has 5 heteroatoms. The third kappa shape index (κ3) is 3.71. The molecule has 0 spiro atoms. The van der Waals surface area contributed by atoms with E-state index in [-0.39, 0.29) is 11.9 Å². The highest BCUT2D eigenvalue weighted by Gasteiger charge is 2.18. The summed E-state index contributed by atoms with van der Waals surface area (Å²) in [5, 5.41) is 2.93. The molecule has 1 aromatic heterocycles. The molecule has 1 atom stereocenters. The van der Waals surface area contributed by atoms with Crippen LogP contribution in [0.4, 0.5) is 0 Å². The van der Waals surface area contributed by atoms with Gasteiger partial charge in [-0.05, 0) is 44.4 Å². The Morgan fingerprint density at radius 3 is 2.75 bits per heavy atom. The van der Waals surface area contributed by atoms with Gasteiger partial charge in [-0.2, -0.15) is 0 Å². The van der Waals surface area contributed by atoms with E-state index in [1.54, 1.807) is 18.4 Å². The maximum Gasteiger partial charge on any atom is 0.251 e. The lowest BCUT2D eigenvalue weighted by atomic mass is 10.2. The fraction of sp³-hybridized carbons (Fsp3) is 0.267. The van der Waals surface area contributed by atoms with Gasteiger partial charge in [0.15, 0.2) is 0 Å². The monoisotopic (exact) mass is 336 g/mol. The highest BCUT2D eigenvalue weighted by atomic mass is 79.9. The van der Waals surface area contributed by atoms with Crippen LogP contribution in [0.5, 0.6) is 0 Å². The summed E-state index contributed by atoms with van der Waals surface area (Å²) in [7, 11) is 3.91. The molecule has 20 heavy (non-hydrogen) atoms. The number of likely N-dealkylation sites (N-methyl/N-ethyl adjacent to an activating group) is 1.